The van der Waals surface area contributed by atoms with Crippen molar-refractivity contribution in [1.29, 1.82) is 0 Å². The molecule has 76 valence electrons. The van der Waals surface area contributed by atoms with Gasteiger partial charge in [0.2, 0.25) is 0 Å². The second-order valence-electron chi connectivity index (χ2n) is 4.25. The number of benzene rings is 1. The zero-order valence-corrected chi connectivity index (χ0v) is 9.05. The number of fused-ring (bicyclic) bond motifs is 1. The smallest absolute Gasteiger partial charge is 0.122 e. The summed E-state index contributed by atoms with van der Waals surface area (Å²) >= 11 is 0. The van der Waals surface area contributed by atoms with Gasteiger partial charge in [-0.2, -0.15) is 0 Å². The molecule has 0 saturated heterocycles. The molecule has 1 aromatic carbocycles. The number of hydrogen-bond acceptors (Lipinski definition) is 1. The highest BCUT2D eigenvalue weighted by atomic mass is 16.5. The second kappa shape index (κ2) is 4.04. The van der Waals surface area contributed by atoms with Crippen molar-refractivity contribution in [2.24, 2.45) is 5.92 Å². The number of hydrogen-bond donors (Lipinski definition) is 0. The molecule has 0 fully saturated rings. The third-order valence-corrected chi connectivity index (χ3v) is 2.96. The van der Waals surface area contributed by atoms with Crippen molar-refractivity contribution in [2.75, 3.05) is 6.61 Å². The van der Waals surface area contributed by atoms with Crippen LogP contribution < -0.4 is 4.74 Å². The van der Waals surface area contributed by atoms with Crippen molar-refractivity contribution in [3.63, 3.8) is 0 Å². The zero-order valence-electron chi connectivity index (χ0n) is 9.05. The lowest BCUT2D eigenvalue weighted by Gasteiger charge is -2.08. The van der Waals surface area contributed by atoms with Gasteiger partial charge < -0.3 is 4.74 Å². The molecular formula is C13H18O. The lowest BCUT2D eigenvalue weighted by Crippen LogP contribution is -2.05. The van der Waals surface area contributed by atoms with Crippen LogP contribution in [0.2, 0.25) is 0 Å². The van der Waals surface area contributed by atoms with Crippen molar-refractivity contribution in [2.45, 2.75) is 33.1 Å². The summed E-state index contributed by atoms with van der Waals surface area (Å²) in [4.78, 5) is 0. The van der Waals surface area contributed by atoms with E-state index in [0.717, 1.165) is 18.8 Å². The molecule has 0 saturated carbocycles. The Balaban J connectivity index is 2.27. The molecule has 1 nitrogen and oxygen atoms in total. The van der Waals surface area contributed by atoms with Crippen LogP contribution in [0.15, 0.2) is 18.2 Å². The van der Waals surface area contributed by atoms with E-state index < -0.39 is 0 Å². The van der Waals surface area contributed by atoms with Crippen molar-refractivity contribution < 1.29 is 4.74 Å². The Morgan fingerprint density at radius 1 is 1.43 bits per heavy atom. The summed E-state index contributed by atoms with van der Waals surface area (Å²) < 4.78 is 5.76. The number of rotatable bonds is 1. The third kappa shape index (κ3) is 1.92. The van der Waals surface area contributed by atoms with E-state index in [1.54, 1.807) is 0 Å². The molecule has 1 aliphatic heterocycles. The molecule has 0 spiro atoms. The fourth-order valence-corrected chi connectivity index (χ4v) is 1.91. The first-order valence-corrected chi connectivity index (χ1v) is 5.54. The Morgan fingerprint density at radius 3 is 3.07 bits per heavy atom. The number of ether oxygens (including phenoxy) is 1. The van der Waals surface area contributed by atoms with Gasteiger partial charge in [-0.25, -0.2) is 0 Å². The summed E-state index contributed by atoms with van der Waals surface area (Å²) in [7, 11) is 0. The average Bonchev–Trinajstić information content (AvgIpc) is 2.40. The molecule has 0 amide bonds. The lowest BCUT2D eigenvalue weighted by molar-refractivity contribution is 0.265. The van der Waals surface area contributed by atoms with Crippen LogP contribution in [0.5, 0.6) is 5.75 Å². The molecule has 1 heteroatoms. The van der Waals surface area contributed by atoms with E-state index in [2.05, 4.69) is 32.0 Å². The van der Waals surface area contributed by atoms with Gasteiger partial charge in [-0.3, -0.25) is 0 Å². The summed E-state index contributed by atoms with van der Waals surface area (Å²) in [6.07, 6.45) is 3.54. The molecule has 1 unspecified atom stereocenters. The minimum atomic E-state index is 0.687. The van der Waals surface area contributed by atoms with Crippen molar-refractivity contribution >= 4 is 0 Å². The first-order valence-electron chi connectivity index (χ1n) is 5.54. The van der Waals surface area contributed by atoms with Crippen LogP contribution >= 0.6 is 0 Å². The van der Waals surface area contributed by atoms with E-state index in [1.165, 1.54) is 24.0 Å². The van der Waals surface area contributed by atoms with Gasteiger partial charge in [-0.1, -0.05) is 26.0 Å². The zero-order chi connectivity index (χ0) is 9.97. The first kappa shape index (κ1) is 9.57. The highest BCUT2D eigenvalue weighted by Crippen LogP contribution is 2.27. The molecule has 0 radical (unpaired) electrons. The normalized spacial score (nSPS) is 20.9. The summed E-state index contributed by atoms with van der Waals surface area (Å²) in [6, 6.07) is 6.61. The second-order valence-corrected chi connectivity index (χ2v) is 4.25. The Morgan fingerprint density at radius 2 is 2.29 bits per heavy atom. The summed E-state index contributed by atoms with van der Waals surface area (Å²) in [5.74, 6) is 1.79. The Kier molecular flexibility index (Phi) is 2.76. The predicted molar refractivity (Wildman–Crippen MR) is 58.8 cm³/mol. The quantitative estimate of drug-likeness (QED) is 0.660. The van der Waals surface area contributed by atoms with Gasteiger partial charge in [0.15, 0.2) is 0 Å². The Hall–Kier alpha value is -0.980. The highest BCUT2D eigenvalue weighted by Gasteiger charge is 2.13. The van der Waals surface area contributed by atoms with Crippen LogP contribution in [0.4, 0.5) is 0 Å². The molecule has 0 aliphatic carbocycles. The SMILES string of the molecule is CCc1ccc2c(c1)CCC(C)CO2. The van der Waals surface area contributed by atoms with E-state index in [9.17, 15) is 0 Å². The van der Waals surface area contributed by atoms with E-state index in [-0.39, 0.29) is 0 Å². The fourth-order valence-electron chi connectivity index (χ4n) is 1.91. The van der Waals surface area contributed by atoms with Gasteiger partial charge in [0.05, 0.1) is 6.61 Å². The van der Waals surface area contributed by atoms with Crippen molar-refractivity contribution in [1.82, 2.24) is 0 Å². The first-order chi connectivity index (χ1) is 6.79. The maximum Gasteiger partial charge on any atom is 0.122 e. The monoisotopic (exact) mass is 190 g/mol. The topological polar surface area (TPSA) is 9.23 Å². The molecule has 0 bridgehead atoms. The maximum absolute atomic E-state index is 5.76. The van der Waals surface area contributed by atoms with E-state index >= 15 is 0 Å². The minimum absolute atomic E-state index is 0.687. The standard InChI is InChI=1S/C13H18O/c1-3-11-5-7-13-12(8-11)6-4-10(2)9-14-13/h5,7-8,10H,3-4,6,9H2,1-2H3. The van der Waals surface area contributed by atoms with E-state index in [0.29, 0.717) is 5.92 Å². The molecule has 2 rings (SSSR count). The molecular weight excluding hydrogens is 172 g/mol. The summed E-state index contributed by atoms with van der Waals surface area (Å²) in [5.41, 5.74) is 2.82. The van der Waals surface area contributed by atoms with Gasteiger partial charge in [0, 0.05) is 0 Å². The van der Waals surface area contributed by atoms with Crippen molar-refractivity contribution in [3.05, 3.63) is 29.3 Å². The molecule has 1 heterocycles. The molecule has 14 heavy (non-hydrogen) atoms. The summed E-state index contributed by atoms with van der Waals surface area (Å²) in [6.45, 7) is 5.33. The third-order valence-electron chi connectivity index (χ3n) is 2.96. The Bertz CT molecular complexity index is 317. The van der Waals surface area contributed by atoms with E-state index in [1.807, 2.05) is 0 Å². The largest absolute Gasteiger partial charge is 0.493 e. The lowest BCUT2D eigenvalue weighted by atomic mass is 10.0. The van der Waals surface area contributed by atoms with Gasteiger partial charge in [-0.15, -0.1) is 0 Å². The highest BCUT2D eigenvalue weighted by molar-refractivity contribution is 5.38. The van der Waals surface area contributed by atoms with Gasteiger partial charge >= 0.3 is 0 Å². The molecule has 1 atom stereocenters. The van der Waals surface area contributed by atoms with Crippen LogP contribution in [0.25, 0.3) is 0 Å². The van der Waals surface area contributed by atoms with Crippen LogP contribution in [0, 0.1) is 5.92 Å². The minimum Gasteiger partial charge on any atom is -0.493 e. The van der Waals surface area contributed by atoms with Crippen LogP contribution in [0.3, 0.4) is 0 Å². The molecule has 0 N–H and O–H groups in total. The van der Waals surface area contributed by atoms with Gasteiger partial charge in [0.25, 0.3) is 0 Å². The van der Waals surface area contributed by atoms with Crippen LogP contribution in [-0.4, -0.2) is 6.61 Å². The van der Waals surface area contributed by atoms with Crippen LogP contribution in [0.1, 0.15) is 31.4 Å². The van der Waals surface area contributed by atoms with Gasteiger partial charge in [0.1, 0.15) is 5.75 Å². The van der Waals surface area contributed by atoms with Crippen molar-refractivity contribution in [3.8, 4) is 5.75 Å². The number of aryl methyl sites for hydroxylation is 2. The van der Waals surface area contributed by atoms with Gasteiger partial charge in [-0.05, 0) is 42.4 Å². The molecule has 1 aliphatic rings. The van der Waals surface area contributed by atoms with E-state index in [4.69, 9.17) is 4.74 Å². The average molecular weight is 190 g/mol. The van der Waals surface area contributed by atoms with Crippen LogP contribution in [-0.2, 0) is 12.8 Å². The predicted octanol–water partition coefficient (Wildman–Crippen LogP) is 3.21. The molecule has 1 aromatic rings. The summed E-state index contributed by atoms with van der Waals surface area (Å²) in [5, 5.41) is 0. The fraction of sp³-hybridized carbons (Fsp3) is 0.538. The molecule has 0 aromatic heterocycles. The Labute approximate surface area is 86.1 Å². The maximum atomic E-state index is 5.76.